The third kappa shape index (κ3) is 4.46. The largest absolute Gasteiger partial charge is 0.371 e. The number of anilines is 1. The Kier molecular flexibility index (Phi) is 6.71. The van der Waals surface area contributed by atoms with Crippen LogP contribution in [-0.4, -0.2) is 59.6 Å². The van der Waals surface area contributed by atoms with Gasteiger partial charge in [0.25, 0.3) is 11.8 Å². The SMILES string of the molecule is NC(=O)[C@H]1CCCN(C(=O)C2CCN(c3cccc4c3C(=O)N(Cc3ccccc3Cl)C4=O)CC2)C1. The molecular formula is C27H29ClN4O4. The summed E-state index contributed by atoms with van der Waals surface area (Å²) in [7, 11) is 0. The minimum Gasteiger partial charge on any atom is -0.371 e. The molecule has 36 heavy (non-hydrogen) atoms. The van der Waals surface area contributed by atoms with Crippen LogP contribution in [0.25, 0.3) is 0 Å². The van der Waals surface area contributed by atoms with Crippen molar-refractivity contribution in [3.8, 4) is 0 Å². The predicted molar refractivity (Wildman–Crippen MR) is 136 cm³/mol. The lowest BCUT2D eigenvalue weighted by molar-refractivity contribution is -0.139. The molecule has 3 heterocycles. The van der Waals surface area contributed by atoms with E-state index in [4.69, 9.17) is 17.3 Å². The van der Waals surface area contributed by atoms with Gasteiger partial charge in [-0.05, 0) is 49.4 Å². The molecule has 3 aliphatic rings. The van der Waals surface area contributed by atoms with Gasteiger partial charge in [-0.15, -0.1) is 0 Å². The summed E-state index contributed by atoms with van der Waals surface area (Å²) in [5, 5.41) is 0.511. The lowest BCUT2D eigenvalue weighted by Gasteiger charge is -2.38. The molecule has 8 nitrogen and oxygen atoms in total. The topological polar surface area (TPSA) is 104 Å². The number of hydrogen-bond donors (Lipinski definition) is 1. The molecule has 4 amide bonds. The number of piperidine rings is 2. The molecule has 3 aliphatic heterocycles. The molecular weight excluding hydrogens is 480 g/mol. The van der Waals surface area contributed by atoms with Crippen LogP contribution in [0.4, 0.5) is 5.69 Å². The maximum atomic E-state index is 13.4. The van der Waals surface area contributed by atoms with Gasteiger partial charge in [0.2, 0.25) is 11.8 Å². The second-order valence-electron chi connectivity index (χ2n) is 9.77. The number of rotatable bonds is 5. The van der Waals surface area contributed by atoms with Crippen LogP contribution in [0.2, 0.25) is 5.02 Å². The van der Waals surface area contributed by atoms with Gasteiger partial charge in [-0.1, -0.05) is 35.9 Å². The summed E-state index contributed by atoms with van der Waals surface area (Å²) < 4.78 is 0. The van der Waals surface area contributed by atoms with Crippen LogP contribution in [-0.2, 0) is 16.1 Å². The van der Waals surface area contributed by atoms with Crippen LogP contribution in [0.15, 0.2) is 42.5 Å². The van der Waals surface area contributed by atoms with E-state index in [0.717, 1.165) is 18.5 Å². The fraction of sp³-hybridized carbons (Fsp3) is 0.407. The Labute approximate surface area is 215 Å². The number of halogens is 1. The van der Waals surface area contributed by atoms with Crippen molar-refractivity contribution < 1.29 is 19.2 Å². The van der Waals surface area contributed by atoms with Gasteiger partial charge in [0.05, 0.1) is 29.3 Å². The maximum absolute atomic E-state index is 13.4. The van der Waals surface area contributed by atoms with Crippen LogP contribution < -0.4 is 10.6 Å². The summed E-state index contributed by atoms with van der Waals surface area (Å²) in [5.74, 6) is -1.31. The van der Waals surface area contributed by atoms with Gasteiger partial charge in [0.1, 0.15) is 0 Å². The van der Waals surface area contributed by atoms with Gasteiger partial charge in [-0.2, -0.15) is 0 Å². The molecule has 2 aromatic carbocycles. The zero-order valence-corrected chi connectivity index (χ0v) is 20.7. The Balaban J connectivity index is 1.28. The van der Waals surface area contributed by atoms with Gasteiger partial charge in [0, 0.05) is 37.1 Å². The fourth-order valence-corrected chi connectivity index (χ4v) is 5.75. The third-order valence-corrected chi connectivity index (χ3v) is 7.95. The molecule has 188 valence electrons. The van der Waals surface area contributed by atoms with E-state index >= 15 is 0 Å². The maximum Gasteiger partial charge on any atom is 0.263 e. The molecule has 0 aromatic heterocycles. The van der Waals surface area contributed by atoms with E-state index in [9.17, 15) is 19.2 Å². The molecule has 0 bridgehead atoms. The standard InChI is InChI=1S/C27H29ClN4O4/c28-21-8-2-1-5-18(21)16-32-26(35)20-7-3-9-22(23(20)27(32)36)30-13-10-17(11-14-30)25(34)31-12-4-6-19(15-31)24(29)33/h1-3,5,7-9,17,19H,4,6,10-16H2,(H2,29,33)/t19-/m0/s1. The molecule has 2 N–H and O–H groups in total. The molecule has 0 saturated carbocycles. The van der Waals surface area contributed by atoms with E-state index in [-0.39, 0.29) is 42.0 Å². The summed E-state index contributed by atoms with van der Waals surface area (Å²) in [5.41, 5.74) is 7.73. The van der Waals surface area contributed by atoms with E-state index in [1.165, 1.54) is 4.90 Å². The highest BCUT2D eigenvalue weighted by molar-refractivity contribution is 6.31. The number of carbonyl (C=O) groups is 4. The number of amides is 4. The van der Waals surface area contributed by atoms with Gasteiger partial charge < -0.3 is 15.5 Å². The predicted octanol–water partition coefficient (Wildman–Crippen LogP) is 3.08. The quantitative estimate of drug-likeness (QED) is 0.625. The number of benzene rings is 2. The van der Waals surface area contributed by atoms with E-state index in [1.54, 1.807) is 23.1 Å². The molecule has 0 unspecified atom stereocenters. The van der Waals surface area contributed by atoms with Gasteiger partial charge in [-0.25, -0.2) is 0 Å². The third-order valence-electron chi connectivity index (χ3n) is 7.58. The van der Waals surface area contributed by atoms with Crippen molar-refractivity contribution in [2.45, 2.75) is 32.2 Å². The average Bonchev–Trinajstić information content (AvgIpc) is 3.14. The number of nitrogens with two attached hydrogens (primary N) is 1. The van der Waals surface area contributed by atoms with Gasteiger partial charge >= 0.3 is 0 Å². The van der Waals surface area contributed by atoms with Crippen LogP contribution in [0, 0.1) is 11.8 Å². The second-order valence-corrected chi connectivity index (χ2v) is 10.2. The van der Waals surface area contributed by atoms with Crippen molar-refractivity contribution in [3.05, 3.63) is 64.2 Å². The van der Waals surface area contributed by atoms with Crippen molar-refractivity contribution >= 4 is 40.9 Å². The van der Waals surface area contributed by atoms with Crippen molar-refractivity contribution in [3.63, 3.8) is 0 Å². The molecule has 0 spiro atoms. The second kappa shape index (κ2) is 9.93. The number of imide groups is 1. The zero-order valence-electron chi connectivity index (χ0n) is 20.0. The summed E-state index contributed by atoms with van der Waals surface area (Å²) in [4.78, 5) is 56.4. The van der Waals surface area contributed by atoms with Crippen LogP contribution >= 0.6 is 11.6 Å². The first-order chi connectivity index (χ1) is 17.3. The minimum atomic E-state index is -0.344. The Bertz CT molecular complexity index is 1220. The highest BCUT2D eigenvalue weighted by Gasteiger charge is 2.40. The van der Waals surface area contributed by atoms with E-state index in [2.05, 4.69) is 4.90 Å². The smallest absolute Gasteiger partial charge is 0.263 e. The Hall–Kier alpha value is -3.39. The van der Waals surface area contributed by atoms with Gasteiger partial charge in [0.15, 0.2) is 0 Å². The normalized spacial score (nSPS) is 20.6. The molecule has 2 aromatic rings. The molecule has 1 atom stereocenters. The van der Waals surface area contributed by atoms with E-state index < -0.39 is 0 Å². The molecule has 2 fully saturated rings. The number of fused-ring (bicyclic) bond motifs is 1. The van der Waals surface area contributed by atoms with Crippen molar-refractivity contribution in [1.82, 2.24) is 9.80 Å². The number of primary amides is 1. The number of nitrogens with zero attached hydrogens (tertiary/aromatic N) is 3. The summed E-state index contributed by atoms with van der Waals surface area (Å²) in [6, 6.07) is 12.5. The number of hydrogen-bond acceptors (Lipinski definition) is 5. The van der Waals surface area contributed by atoms with Crippen molar-refractivity contribution in [2.24, 2.45) is 17.6 Å². The monoisotopic (exact) mass is 508 g/mol. The Morgan fingerprint density at radius 1 is 0.917 bits per heavy atom. The Morgan fingerprint density at radius 2 is 1.67 bits per heavy atom. The summed E-state index contributed by atoms with van der Waals surface area (Å²) >= 11 is 6.27. The highest BCUT2D eigenvalue weighted by Crippen LogP contribution is 2.35. The van der Waals surface area contributed by atoms with Gasteiger partial charge in [-0.3, -0.25) is 24.1 Å². The van der Waals surface area contributed by atoms with Crippen molar-refractivity contribution in [1.29, 1.82) is 0 Å². The molecule has 2 saturated heterocycles. The minimum absolute atomic E-state index is 0.0797. The number of carbonyl (C=O) groups excluding carboxylic acids is 4. The van der Waals surface area contributed by atoms with E-state index in [1.807, 2.05) is 24.3 Å². The average molecular weight is 509 g/mol. The first kappa shape index (κ1) is 24.3. The lowest BCUT2D eigenvalue weighted by atomic mass is 9.91. The van der Waals surface area contributed by atoms with Crippen LogP contribution in [0.3, 0.4) is 0 Å². The van der Waals surface area contributed by atoms with Crippen LogP contribution in [0.1, 0.15) is 52.0 Å². The van der Waals surface area contributed by atoms with E-state index in [0.29, 0.717) is 60.7 Å². The molecule has 9 heteroatoms. The fourth-order valence-electron chi connectivity index (χ4n) is 5.55. The zero-order chi connectivity index (χ0) is 25.4. The van der Waals surface area contributed by atoms with Crippen LogP contribution in [0.5, 0.6) is 0 Å². The Morgan fingerprint density at radius 3 is 2.39 bits per heavy atom. The summed E-state index contributed by atoms with van der Waals surface area (Å²) in [6.07, 6.45) is 2.81. The summed E-state index contributed by atoms with van der Waals surface area (Å²) in [6.45, 7) is 2.38. The molecule has 5 rings (SSSR count). The number of likely N-dealkylation sites (tertiary alicyclic amines) is 1. The highest BCUT2D eigenvalue weighted by atomic mass is 35.5. The first-order valence-corrected chi connectivity index (χ1v) is 12.8. The first-order valence-electron chi connectivity index (χ1n) is 12.4. The lowest BCUT2D eigenvalue weighted by Crippen LogP contribution is -2.48. The van der Waals surface area contributed by atoms with Crippen molar-refractivity contribution in [2.75, 3.05) is 31.1 Å². The molecule has 0 radical (unpaired) electrons. The molecule has 0 aliphatic carbocycles.